The number of phenolic OH excluding ortho intramolecular Hbond substituents is 3. The summed E-state index contributed by atoms with van der Waals surface area (Å²) < 4.78 is 0. The van der Waals surface area contributed by atoms with E-state index in [1.807, 2.05) is 39.8 Å². The van der Waals surface area contributed by atoms with E-state index >= 15 is 0 Å². The normalized spacial score (nSPS) is 11.2. The summed E-state index contributed by atoms with van der Waals surface area (Å²) in [4.78, 5) is 0. The summed E-state index contributed by atoms with van der Waals surface area (Å²) in [6, 6.07) is 18.1. The van der Waals surface area contributed by atoms with Gasteiger partial charge in [0.1, 0.15) is 17.2 Å². The maximum Gasteiger partial charge on any atom is 0.122 e. The van der Waals surface area contributed by atoms with Crippen molar-refractivity contribution in [3.05, 3.63) is 121 Å². The number of rotatable bonds is 6. The Hall–Kier alpha value is -3.72. The van der Waals surface area contributed by atoms with Crippen LogP contribution in [0.1, 0.15) is 66.8 Å². The van der Waals surface area contributed by atoms with Crippen LogP contribution in [0, 0.1) is 41.5 Å². The molecule has 4 aromatic carbocycles. The fraction of sp³-hybridized carbons (Fsp3) is 0.273. The van der Waals surface area contributed by atoms with Crippen molar-refractivity contribution >= 4 is 0 Å². The predicted molar refractivity (Wildman–Crippen MR) is 148 cm³/mol. The lowest BCUT2D eigenvalue weighted by Gasteiger charge is -2.20. The summed E-state index contributed by atoms with van der Waals surface area (Å²) in [6.07, 6.45) is 1.85. The van der Waals surface area contributed by atoms with Crippen LogP contribution in [0.15, 0.2) is 54.6 Å². The van der Waals surface area contributed by atoms with Gasteiger partial charge >= 0.3 is 0 Å². The van der Waals surface area contributed by atoms with E-state index < -0.39 is 0 Å². The van der Waals surface area contributed by atoms with Crippen molar-refractivity contribution in [1.82, 2.24) is 0 Å². The van der Waals surface area contributed by atoms with E-state index in [4.69, 9.17) is 0 Å². The molecule has 0 aliphatic heterocycles. The highest BCUT2D eigenvalue weighted by molar-refractivity contribution is 5.56. The van der Waals surface area contributed by atoms with Crippen molar-refractivity contribution in [2.75, 3.05) is 0 Å². The molecule has 3 heteroatoms. The first-order chi connectivity index (χ1) is 17.0. The van der Waals surface area contributed by atoms with Crippen molar-refractivity contribution in [3.63, 3.8) is 0 Å². The smallest absolute Gasteiger partial charge is 0.122 e. The first kappa shape index (κ1) is 25.4. The summed E-state index contributed by atoms with van der Waals surface area (Å²) >= 11 is 0. The number of hydrogen-bond acceptors (Lipinski definition) is 3. The Labute approximate surface area is 214 Å². The van der Waals surface area contributed by atoms with Gasteiger partial charge in [0.2, 0.25) is 0 Å². The minimum Gasteiger partial charge on any atom is -0.508 e. The van der Waals surface area contributed by atoms with Gasteiger partial charge in [0.25, 0.3) is 0 Å². The molecule has 0 bridgehead atoms. The zero-order valence-electron chi connectivity index (χ0n) is 22.2. The minimum atomic E-state index is 0.244. The van der Waals surface area contributed by atoms with E-state index in [-0.39, 0.29) is 11.5 Å². The molecule has 0 aliphatic carbocycles. The molecule has 3 nitrogen and oxygen atoms in total. The Kier molecular flexibility index (Phi) is 7.12. The molecule has 0 saturated heterocycles. The second-order valence-electron chi connectivity index (χ2n) is 10.3. The molecule has 0 heterocycles. The third-order valence-electron chi connectivity index (χ3n) is 7.42. The Balaban J connectivity index is 1.75. The third-order valence-corrected chi connectivity index (χ3v) is 7.42. The Morgan fingerprint density at radius 1 is 0.528 bits per heavy atom. The monoisotopic (exact) mass is 480 g/mol. The summed E-state index contributed by atoms with van der Waals surface area (Å²) in [5, 5.41) is 32.3. The molecule has 4 rings (SSSR count). The first-order valence-electron chi connectivity index (χ1n) is 12.5. The molecule has 4 aromatic rings. The van der Waals surface area contributed by atoms with Crippen LogP contribution in [0.5, 0.6) is 17.2 Å². The van der Waals surface area contributed by atoms with Gasteiger partial charge in [-0.3, -0.25) is 0 Å². The lowest BCUT2D eigenvalue weighted by Crippen LogP contribution is -2.05. The zero-order chi connectivity index (χ0) is 26.1. The highest BCUT2D eigenvalue weighted by Crippen LogP contribution is 2.36. The number of hydrogen-bond donors (Lipinski definition) is 3. The Bertz CT molecular complexity index is 1450. The molecule has 0 amide bonds. The van der Waals surface area contributed by atoms with Gasteiger partial charge < -0.3 is 15.3 Å². The summed E-state index contributed by atoms with van der Waals surface area (Å²) in [6.45, 7) is 12.1. The van der Waals surface area contributed by atoms with Gasteiger partial charge in [0, 0.05) is 24.0 Å². The molecular formula is C33H36O3. The average molecular weight is 481 g/mol. The van der Waals surface area contributed by atoms with Crippen molar-refractivity contribution in [3.8, 4) is 17.2 Å². The van der Waals surface area contributed by atoms with Crippen molar-refractivity contribution in [2.24, 2.45) is 0 Å². The number of aromatic hydroxyl groups is 3. The fourth-order valence-corrected chi connectivity index (χ4v) is 5.17. The first-order valence-corrected chi connectivity index (χ1v) is 12.5. The largest absolute Gasteiger partial charge is 0.508 e. The van der Waals surface area contributed by atoms with Gasteiger partial charge in [0.15, 0.2) is 0 Å². The topological polar surface area (TPSA) is 60.7 Å². The second-order valence-corrected chi connectivity index (χ2v) is 10.3. The van der Waals surface area contributed by atoms with E-state index in [1.165, 1.54) is 16.7 Å². The van der Waals surface area contributed by atoms with Crippen LogP contribution in [0.25, 0.3) is 0 Å². The van der Waals surface area contributed by atoms with Crippen LogP contribution in [-0.4, -0.2) is 15.3 Å². The summed E-state index contributed by atoms with van der Waals surface area (Å²) in [5.41, 5.74) is 12.2. The van der Waals surface area contributed by atoms with E-state index in [9.17, 15) is 15.3 Å². The SMILES string of the molecule is Cc1cccc(Cc2c(C)c(Cc3cc(C)c(O)c(Cc4cc(C)ccc4O)c3C)cc(C)c2O)c1. The van der Waals surface area contributed by atoms with Crippen LogP contribution < -0.4 is 0 Å². The van der Waals surface area contributed by atoms with Gasteiger partial charge in [-0.25, -0.2) is 0 Å². The molecule has 186 valence electrons. The van der Waals surface area contributed by atoms with Gasteiger partial charge in [0.05, 0.1) is 0 Å². The lowest BCUT2D eigenvalue weighted by atomic mass is 9.86. The standard InChI is InChI=1S/C33H36O3/c1-19-8-7-9-25(12-19)16-29-23(5)26(14-21(3)32(29)35)17-27-15-22(4)33(36)30(24(27)6)18-28-13-20(2)10-11-31(28)34/h7-15,34-36H,16-18H2,1-6H3. The summed E-state index contributed by atoms with van der Waals surface area (Å²) in [7, 11) is 0. The molecule has 36 heavy (non-hydrogen) atoms. The van der Waals surface area contributed by atoms with E-state index in [2.05, 4.69) is 50.2 Å². The quantitative estimate of drug-likeness (QED) is 0.269. The highest BCUT2D eigenvalue weighted by Gasteiger charge is 2.18. The van der Waals surface area contributed by atoms with Crippen LogP contribution in [0.2, 0.25) is 0 Å². The number of aryl methyl sites for hydroxylation is 4. The van der Waals surface area contributed by atoms with Gasteiger partial charge in [-0.05, 0) is 98.5 Å². The van der Waals surface area contributed by atoms with Crippen LogP contribution in [-0.2, 0) is 19.3 Å². The molecule has 0 radical (unpaired) electrons. The van der Waals surface area contributed by atoms with Crippen molar-refractivity contribution in [2.45, 2.75) is 60.8 Å². The van der Waals surface area contributed by atoms with Gasteiger partial charge in [-0.2, -0.15) is 0 Å². The van der Waals surface area contributed by atoms with Crippen molar-refractivity contribution in [1.29, 1.82) is 0 Å². The molecule has 0 aromatic heterocycles. The molecule has 0 aliphatic rings. The lowest BCUT2D eigenvalue weighted by molar-refractivity contribution is 0.459. The number of benzene rings is 4. The molecule has 0 atom stereocenters. The fourth-order valence-electron chi connectivity index (χ4n) is 5.17. The highest BCUT2D eigenvalue weighted by atomic mass is 16.3. The molecule has 3 N–H and O–H groups in total. The van der Waals surface area contributed by atoms with Gasteiger partial charge in [-0.1, -0.05) is 59.7 Å². The van der Waals surface area contributed by atoms with E-state index in [0.29, 0.717) is 25.0 Å². The van der Waals surface area contributed by atoms with Crippen LogP contribution in [0.3, 0.4) is 0 Å². The maximum absolute atomic E-state index is 10.9. The third kappa shape index (κ3) is 5.11. The predicted octanol–water partition coefficient (Wildman–Crippen LogP) is 7.43. The maximum atomic E-state index is 10.9. The number of phenols is 3. The second kappa shape index (κ2) is 10.1. The van der Waals surface area contributed by atoms with Crippen LogP contribution >= 0.6 is 0 Å². The molecule has 0 spiro atoms. The molecule has 0 saturated carbocycles. The minimum absolute atomic E-state index is 0.244. The Morgan fingerprint density at radius 2 is 1.08 bits per heavy atom. The van der Waals surface area contributed by atoms with Crippen LogP contribution in [0.4, 0.5) is 0 Å². The van der Waals surface area contributed by atoms with E-state index in [0.717, 1.165) is 50.1 Å². The molecular weight excluding hydrogens is 444 g/mol. The van der Waals surface area contributed by atoms with E-state index in [1.54, 1.807) is 6.07 Å². The zero-order valence-corrected chi connectivity index (χ0v) is 22.2. The van der Waals surface area contributed by atoms with Crippen molar-refractivity contribution < 1.29 is 15.3 Å². The molecule has 0 unspecified atom stereocenters. The van der Waals surface area contributed by atoms with Gasteiger partial charge in [-0.15, -0.1) is 0 Å². The summed E-state index contributed by atoms with van der Waals surface area (Å²) in [5.74, 6) is 0.899. The molecule has 0 fully saturated rings. The Morgan fingerprint density at radius 3 is 1.67 bits per heavy atom. The average Bonchev–Trinajstić information content (AvgIpc) is 2.83.